The molecule has 7 heteroatoms. The molecule has 0 radical (unpaired) electrons. The first-order valence-electron chi connectivity index (χ1n) is 8.10. The van der Waals surface area contributed by atoms with Crippen molar-refractivity contribution in [3.8, 4) is 11.5 Å². The van der Waals surface area contributed by atoms with Gasteiger partial charge in [0.2, 0.25) is 11.8 Å². The van der Waals surface area contributed by atoms with Crippen LogP contribution < -0.4 is 20.2 Å². The zero-order chi connectivity index (χ0) is 18.8. The Morgan fingerprint density at radius 3 is 2.50 bits per heavy atom. The third kappa shape index (κ3) is 5.94. The van der Waals surface area contributed by atoms with Gasteiger partial charge in [0.1, 0.15) is 17.9 Å². The van der Waals surface area contributed by atoms with Gasteiger partial charge in [-0.25, -0.2) is 5.43 Å². The van der Waals surface area contributed by atoms with Crippen molar-refractivity contribution in [3.63, 3.8) is 0 Å². The smallest absolute Gasteiger partial charge is 0.249 e. The maximum atomic E-state index is 11.9. The van der Waals surface area contributed by atoms with Gasteiger partial charge in [-0.05, 0) is 43.3 Å². The molecule has 0 bridgehead atoms. The molecule has 7 nitrogen and oxygen atoms in total. The Bertz CT molecular complexity index is 773. The molecule has 0 unspecified atom stereocenters. The number of carbonyl (C=O) groups is 2. The average Bonchev–Trinajstić information content (AvgIpc) is 2.64. The molecule has 2 aromatic rings. The Morgan fingerprint density at radius 2 is 1.81 bits per heavy atom. The number of benzene rings is 2. The number of anilines is 1. The predicted molar refractivity (Wildman–Crippen MR) is 99.6 cm³/mol. The minimum atomic E-state index is -0.514. The topological polar surface area (TPSA) is 89.0 Å². The lowest BCUT2D eigenvalue weighted by Gasteiger charge is -2.07. The van der Waals surface area contributed by atoms with Gasteiger partial charge in [0.15, 0.2) is 0 Å². The highest BCUT2D eigenvalue weighted by Gasteiger charge is 2.09. The van der Waals surface area contributed by atoms with Gasteiger partial charge in [0.05, 0.1) is 19.9 Å². The molecule has 0 spiro atoms. The second kappa shape index (κ2) is 9.83. The Balaban J connectivity index is 1.81. The third-order valence-corrected chi connectivity index (χ3v) is 3.30. The summed E-state index contributed by atoms with van der Waals surface area (Å²) in [5.74, 6) is 0.409. The first-order chi connectivity index (χ1) is 12.6. The summed E-state index contributed by atoms with van der Waals surface area (Å²) in [6, 6.07) is 14.2. The number of hydrogen-bond acceptors (Lipinski definition) is 5. The monoisotopic (exact) mass is 355 g/mol. The number of hydrogen-bond donors (Lipinski definition) is 2. The zero-order valence-corrected chi connectivity index (χ0v) is 14.7. The van der Waals surface area contributed by atoms with E-state index < -0.39 is 11.8 Å². The average molecular weight is 355 g/mol. The molecule has 0 heterocycles. The van der Waals surface area contributed by atoms with E-state index in [2.05, 4.69) is 15.8 Å². The van der Waals surface area contributed by atoms with Gasteiger partial charge in [-0.3, -0.25) is 9.59 Å². The lowest BCUT2D eigenvalue weighted by Crippen LogP contribution is -2.24. The fraction of sp³-hybridized carbons (Fsp3) is 0.211. The number of nitrogens with one attached hydrogen (secondary N) is 2. The molecule has 2 aromatic carbocycles. The van der Waals surface area contributed by atoms with Crippen LogP contribution in [0, 0.1) is 0 Å². The molecular weight excluding hydrogens is 334 g/mol. The summed E-state index contributed by atoms with van der Waals surface area (Å²) in [4.78, 5) is 23.7. The third-order valence-electron chi connectivity index (χ3n) is 3.30. The van der Waals surface area contributed by atoms with Crippen molar-refractivity contribution in [3.05, 3.63) is 54.1 Å². The van der Waals surface area contributed by atoms with Crippen LogP contribution in [-0.4, -0.2) is 31.7 Å². The van der Waals surface area contributed by atoms with E-state index in [1.165, 1.54) is 6.21 Å². The van der Waals surface area contributed by atoms with Gasteiger partial charge in [-0.15, -0.1) is 0 Å². The quantitative estimate of drug-likeness (QED) is 0.433. The number of ether oxygens (including phenoxy) is 2. The summed E-state index contributed by atoms with van der Waals surface area (Å²) in [5, 5.41) is 6.48. The second-order valence-corrected chi connectivity index (χ2v) is 5.22. The van der Waals surface area contributed by atoms with Gasteiger partial charge in [-0.1, -0.05) is 12.1 Å². The molecule has 0 aliphatic rings. The molecule has 0 saturated heterocycles. The number of carbonyl (C=O) groups excluding carboxylic acids is 2. The molecule has 2 amide bonds. The lowest BCUT2D eigenvalue weighted by atomic mass is 10.2. The molecule has 0 aromatic heterocycles. The van der Waals surface area contributed by atoms with Crippen molar-refractivity contribution in [1.82, 2.24) is 5.43 Å². The molecule has 26 heavy (non-hydrogen) atoms. The van der Waals surface area contributed by atoms with Crippen LogP contribution in [-0.2, 0) is 9.59 Å². The maximum absolute atomic E-state index is 11.9. The van der Waals surface area contributed by atoms with Crippen LogP contribution >= 0.6 is 0 Å². The first-order valence-corrected chi connectivity index (χ1v) is 8.10. The molecule has 0 fully saturated rings. The maximum Gasteiger partial charge on any atom is 0.249 e. The summed E-state index contributed by atoms with van der Waals surface area (Å²) in [6.07, 6.45) is 1.12. The fourth-order valence-electron chi connectivity index (χ4n) is 2.14. The van der Waals surface area contributed by atoms with Crippen molar-refractivity contribution in [1.29, 1.82) is 0 Å². The van der Waals surface area contributed by atoms with Crippen LogP contribution in [0.3, 0.4) is 0 Å². The van der Waals surface area contributed by atoms with Crippen LogP contribution in [0.4, 0.5) is 5.69 Å². The zero-order valence-electron chi connectivity index (χ0n) is 14.7. The van der Waals surface area contributed by atoms with Crippen LogP contribution in [0.15, 0.2) is 53.6 Å². The SMILES string of the molecule is CCOc1ccc(NC(=O)CC(=O)NN=Cc2ccccc2OC)cc1. The number of nitrogens with zero attached hydrogens (tertiary/aromatic N) is 1. The standard InChI is InChI=1S/C19H21N3O4/c1-3-26-16-10-8-15(9-11-16)21-18(23)12-19(24)22-20-13-14-6-4-5-7-17(14)25-2/h4-11,13H,3,12H2,1-2H3,(H,21,23)(H,22,24). The minimum Gasteiger partial charge on any atom is -0.496 e. The molecule has 0 aliphatic carbocycles. The van der Waals surface area contributed by atoms with Gasteiger partial charge in [0.25, 0.3) is 0 Å². The highest BCUT2D eigenvalue weighted by Crippen LogP contribution is 2.16. The van der Waals surface area contributed by atoms with Crippen LogP contribution in [0.25, 0.3) is 0 Å². The Hall–Kier alpha value is -3.35. The van der Waals surface area contributed by atoms with Gasteiger partial charge < -0.3 is 14.8 Å². The minimum absolute atomic E-state index is 0.337. The molecule has 0 atom stereocenters. The normalized spacial score (nSPS) is 10.4. The second-order valence-electron chi connectivity index (χ2n) is 5.22. The van der Waals surface area contributed by atoms with Crippen molar-refractivity contribution in [2.75, 3.05) is 19.0 Å². The van der Waals surface area contributed by atoms with E-state index in [9.17, 15) is 9.59 Å². The summed E-state index contributed by atoms with van der Waals surface area (Å²) >= 11 is 0. The Morgan fingerprint density at radius 1 is 1.08 bits per heavy atom. The van der Waals surface area contributed by atoms with E-state index in [1.807, 2.05) is 19.1 Å². The summed E-state index contributed by atoms with van der Waals surface area (Å²) in [6.45, 7) is 2.46. The van der Waals surface area contributed by atoms with E-state index >= 15 is 0 Å². The van der Waals surface area contributed by atoms with Gasteiger partial charge in [-0.2, -0.15) is 5.10 Å². The van der Waals surface area contributed by atoms with E-state index in [0.717, 1.165) is 0 Å². The van der Waals surface area contributed by atoms with Crippen LogP contribution in [0.5, 0.6) is 11.5 Å². The predicted octanol–water partition coefficient (Wildman–Crippen LogP) is 2.57. The first kappa shape index (κ1) is 19.0. The van der Waals surface area contributed by atoms with Crippen LogP contribution in [0.2, 0.25) is 0 Å². The van der Waals surface area contributed by atoms with Gasteiger partial charge in [0, 0.05) is 11.3 Å². The molecular formula is C19H21N3O4. The fourth-order valence-corrected chi connectivity index (χ4v) is 2.14. The largest absolute Gasteiger partial charge is 0.496 e. The van der Waals surface area contributed by atoms with E-state index in [1.54, 1.807) is 43.5 Å². The molecule has 0 aliphatic heterocycles. The Labute approximate surface area is 152 Å². The van der Waals surface area contributed by atoms with Crippen LogP contribution in [0.1, 0.15) is 18.9 Å². The number of rotatable bonds is 8. The highest BCUT2D eigenvalue weighted by molar-refractivity contribution is 6.03. The van der Waals surface area contributed by atoms with Crippen molar-refractivity contribution in [2.24, 2.45) is 5.10 Å². The number of hydrazone groups is 1. The lowest BCUT2D eigenvalue weighted by molar-refractivity contribution is -0.126. The van der Waals surface area contributed by atoms with Crippen molar-refractivity contribution < 1.29 is 19.1 Å². The Kier molecular flexibility index (Phi) is 7.17. The van der Waals surface area contributed by atoms with Crippen molar-refractivity contribution >= 4 is 23.7 Å². The number of para-hydroxylation sites is 1. The summed E-state index contributed by atoms with van der Waals surface area (Å²) in [5.41, 5.74) is 3.62. The highest BCUT2D eigenvalue weighted by atomic mass is 16.5. The van der Waals surface area contributed by atoms with E-state index in [-0.39, 0.29) is 6.42 Å². The summed E-state index contributed by atoms with van der Waals surface area (Å²) in [7, 11) is 1.55. The molecule has 2 rings (SSSR count). The summed E-state index contributed by atoms with van der Waals surface area (Å²) < 4.78 is 10.5. The number of methoxy groups -OCH3 is 1. The molecule has 136 valence electrons. The molecule has 0 saturated carbocycles. The van der Waals surface area contributed by atoms with E-state index in [4.69, 9.17) is 9.47 Å². The van der Waals surface area contributed by atoms with Crippen molar-refractivity contribution in [2.45, 2.75) is 13.3 Å². The number of amides is 2. The molecule has 2 N–H and O–H groups in total. The van der Waals surface area contributed by atoms with Gasteiger partial charge >= 0.3 is 0 Å². The van der Waals surface area contributed by atoms with E-state index in [0.29, 0.717) is 29.4 Å².